The Hall–Kier alpha value is -1.55. The molecule has 88 valence electrons. The molecular formula is C12H18N2O2. The van der Waals surface area contributed by atoms with E-state index < -0.39 is 0 Å². The molecule has 0 aliphatic carbocycles. The van der Waals surface area contributed by atoms with Crippen molar-refractivity contribution in [2.24, 2.45) is 5.84 Å². The maximum Gasteiger partial charge on any atom is 0.236 e. The highest BCUT2D eigenvalue weighted by atomic mass is 16.5. The molecule has 4 nitrogen and oxygen atoms in total. The molecule has 0 unspecified atom stereocenters. The molecule has 0 atom stereocenters. The van der Waals surface area contributed by atoms with Crippen LogP contribution in [0, 0.1) is 6.92 Å². The van der Waals surface area contributed by atoms with Crippen molar-refractivity contribution in [1.82, 2.24) is 5.01 Å². The van der Waals surface area contributed by atoms with Crippen LogP contribution in [-0.2, 0) is 4.79 Å². The third kappa shape index (κ3) is 3.90. The second-order valence-corrected chi connectivity index (χ2v) is 3.72. The molecule has 0 radical (unpaired) electrons. The van der Waals surface area contributed by atoms with Crippen LogP contribution in [0.1, 0.15) is 18.4 Å². The Labute approximate surface area is 96.0 Å². The van der Waals surface area contributed by atoms with E-state index in [0.717, 1.165) is 16.3 Å². The van der Waals surface area contributed by atoms with E-state index in [1.807, 2.05) is 31.2 Å². The number of hydrazine groups is 1. The van der Waals surface area contributed by atoms with Crippen molar-refractivity contribution in [3.8, 4) is 5.75 Å². The van der Waals surface area contributed by atoms with Gasteiger partial charge in [0.05, 0.1) is 6.61 Å². The minimum absolute atomic E-state index is 0.0756. The number of benzene rings is 1. The predicted molar refractivity (Wildman–Crippen MR) is 62.9 cm³/mol. The highest BCUT2D eigenvalue weighted by Gasteiger charge is 2.04. The number of nitrogens with zero attached hydrogens (tertiary/aromatic N) is 1. The molecule has 0 fully saturated rings. The molecule has 0 aromatic heterocycles. The van der Waals surface area contributed by atoms with Crippen LogP contribution in [0.4, 0.5) is 0 Å². The van der Waals surface area contributed by atoms with Crippen LogP contribution in [0.2, 0.25) is 0 Å². The van der Waals surface area contributed by atoms with E-state index >= 15 is 0 Å². The first-order valence-electron chi connectivity index (χ1n) is 5.31. The highest BCUT2D eigenvalue weighted by molar-refractivity contribution is 5.75. The normalized spacial score (nSPS) is 9.94. The van der Waals surface area contributed by atoms with E-state index in [0.29, 0.717) is 19.4 Å². The fourth-order valence-electron chi connectivity index (χ4n) is 1.30. The first-order valence-corrected chi connectivity index (χ1v) is 5.31. The standard InChI is InChI=1S/C12H18N2O2/c1-10-6-3-4-7-11(10)16-9-5-8-12(15)14(2)13/h3-4,6-7H,5,8-9,13H2,1-2H3. The Balaban J connectivity index is 2.26. The molecule has 0 aliphatic rings. The number of aryl methyl sites for hydroxylation is 1. The Morgan fingerprint density at radius 2 is 2.12 bits per heavy atom. The lowest BCUT2D eigenvalue weighted by molar-refractivity contribution is -0.130. The Kier molecular flexibility index (Phi) is 4.79. The van der Waals surface area contributed by atoms with Gasteiger partial charge in [-0.3, -0.25) is 9.80 Å². The summed E-state index contributed by atoms with van der Waals surface area (Å²) in [4.78, 5) is 11.2. The van der Waals surface area contributed by atoms with Crippen molar-refractivity contribution in [3.05, 3.63) is 29.8 Å². The summed E-state index contributed by atoms with van der Waals surface area (Å²) in [6.07, 6.45) is 1.09. The molecule has 0 saturated carbocycles. The van der Waals surface area contributed by atoms with Crippen LogP contribution >= 0.6 is 0 Å². The number of nitrogens with two attached hydrogens (primary N) is 1. The van der Waals surface area contributed by atoms with Gasteiger partial charge in [0.15, 0.2) is 0 Å². The lowest BCUT2D eigenvalue weighted by Gasteiger charge is -2.11. The maximum atomic E-state index is 11.2. The molecule has 0 bridgehead atoms. The molecular weight excluding hydrogens is 204 g/mol. The van der Waals surface area contributed by atoms with Gasteiger partial charge in [-0.05, 0) is 25.0 Å². The van der Waals surface area contributed by atoms with E-state index in [1.54, 1.807) is 7.05 Å². The zero-order valence-corrected chi connectivity index (χ0v) is 9.77. The molecule has 0 spiro atoms. The van der Waals surface area contributed by atoms with Crippen molar-refractivity contribution in [2.45, 2.75) is 19.8 Å². The lowest BCUT2D eigenvalue weighted by Crippen LogP contribution is -2.33. The molecule has 0 saturated heterocycles. The third-order valence-electron chi connectivity index (χ3n) is 2.28. The van der Waals surface area contributed by atoms with E-state index in [-0.39, 0.29) is 5.91 Å². The van der Waals surface area contributed by atoms with Crippen LogP contribution in [0.25, 0.3) is 0 Å². The van der Waals surface area contributed by atoms with Crippen molar-refractivity contribution in [3.63, 3.8) is 0 Å². The summed E-state index contributed by atoms with van der Waals surface area (Å²) in [6.45, 7) is 2.53. The van der Waals surface area contributed by atoms with Gasteiger partial charge in [-0.25, -0.2) is 5.84 Å². The number of ether oxygens (including phenoxy) is 1. The van der Waals surface area contributed by atoms with Crippen LogP contribution in [0.3, 0.4) is 0 Å². The second kappa shape index (κ2) is 6.12. The molecule has 0 aliphatic heterocycles. The zero-order valence-electron chi connectivity index (χ0n) is 9.77. The van der Waals surface area contributed by atoms with Crippen molar-refractivity contribution in [1.29, 1.82) is 0 Å². The number of rotatable bonds is 5. The Bertz CT molecular complexity index is 351. The van der Waals surface area contributed by atoms with Gasteiger partial charge in [0.2, 0.25) is 5.91 Å². The van der Waals surface area contributed by atoms with Crippen LogP contribution in [0.5, 0.6) is 5.75 Å². The number of carbonyl (C=O) groups excluding carboxylic acids is 1. The first-order chi connectivity index (χ1) is 7.61. The monoisotopic (exact) mass is 222 g/mol. The topological polar surface area (TPSA) is 55.6 Å². The van der Waals surface area contributed by atoms with Gasteiger partial charge in [-0.1, -0.05) is 18.2 Å². The summed E-state index contributed by atoms with van der Waals surface area (Å²) in [5, 5.41) is 1.10. The molecule has 4 heteroatoms. The van der Waals surface area contributed by atoms with Crippen molar-refractivity contribution >= 4 is 5.91 Å². The fourth-order valence-corrected chi connectivity index (χ4v) is 1.30. The van der Waals surface area contributed by atoms with E-state index in [1.165, 1.54) is 0 Å². The van der Waals surface area contributed by atoms with Crippen LogP contribution in [-0.4, -0.2) is 24.6 Å². The van der Waals surface area contributed by atoms with Gasteiger partial charge in [-0.2, -0.15) is 0 Å². The minimum atomic E-state index is -0.0756. The Morgan fingerprint density at radius 1 is 1.44 bits per heavy atom. The maximum absolute atomic E-state index is 11.2. The summed E-state index contributed by atoms with van der Waals surface area (Å²) in [5.41, 5.74) is 1.10. The SMILES string of the molecule is Cc1ccccc1OCCCC(=O)N(C)N. The largest absolute Gasteiger partial charge is 0.493 e. The number of hydrogen-bond acceptors (Lipinski definition) is 3. The van der Waals surface area contributed by atoms with E-state index in [2.05, 4.69) is 0 Å². The molecule has 1 aromatic carbocycles. The fraction of sp³-hybridized carbons (Fsp3) is 0.417. The number of hydrogen-bond donors (Lipinski definition) is 1. The predicted octanol–water partition coefficient (Wildman–Crippen LogP) is 1.49. The Morgan fingerprint density at radius 3 is 2.75 bits per heavy atom. The summed E-state index contributed by atoms with van der Waals surface area (Å²) >= 11 is 0. The molecule has 16 heavy (non-hydrogen) atoms. The van der Waals surface area contributed by atoms with Crippen LogP contribution < -0.4 is 10.6 Å². The third-order valence-corrected chi connectivity index (χ3v) is 2.28. The number of amides is 1. The zero-order chi connectivity index (χ0) is 12.0. The second-order valence-electron chi connectivity index (χ2n) is 3.72. The molecule has 2 N–H and O–H groups in total. The molecule has 1 amide bonds. The first kappa shape index (κ1) is 12.5. The van der Waals surface area contributed by atoms with Crippen molar-refractivity contribution in [2.75, 3.05) is 13.7 Å². The smallest absolute Gasteiger partial charge is 0.236 e. The average molecular weight is 222 g/mol. The highest BCUT2D eigenvalue weighted by Crippen LogP contribution is 2.16. The van der Waals surface area contributed by atoms with Gasteiger partial charge in [-0.15, -0.1) is 0 Å². The van der Waals surface area contributed by atoms with Crippen LogP contribution in [0.15, 0.2) is 24.3 Å². The minimum Gasteiger partial charge on any atom is -0.493 e. The van der Waals surface area contributed by atoms with Crippen molar-refractivity contribution < 1.29 is 9.53 Å². The quantitative estimate of drug-likeness (QED) is 0.355. The van der Waals surface area contributed by atoms with E-state index in [4.69, 9.17) is 10.6 Å². The summed E-state index contributed by atoms with van der Waals surface area (Å²) in [7, 11) is 1.55. The van der Waals surface area contributed by atoms with Gasteiger partial charge in [0.25, 0.3) is 0 Å². The lowest BCUT2D eigenvalue weighted by atomic mass is 10.2. The van der Waals surface area contributed by atoms with Gasteiger partial charge in [0, 0.05) is 13.5 Å². The summed E-state index contributed by atoms with van der Waals surface area (Å²) in [5.74, 6) is 6.09. The van der Waals surface area contributed by atoms with Gasteiger partial charge in [0.1, 0.15) is 5.75 Å². The van der Waals surface area contributed by atoms with Gasteiger partial charge >= 0.3 is 0 Å². The van der Waals surface area contributed by atoms with E-state index in [9.17, 15) is 4.79 Å². The molecule has 1 rings (SSSR count). The number of para-hydroxylation sites is 1. The molecule has 1 aromatic rings. The summed E-state index contributed by atoms with van der Waals surface area (Å²) in [6, 6.07) is 7.82. The summed E-state index contributed by atoms with van der Waals surface area (Å²) < 4.78 is 5.56. The molecule has 0 heterocycles. The van der Waals surface area contributed by atoms with Gasteiger partial charge < -0.3 is 4.74 Å². The number of carbonyl (C=O) groups is 1. The average Bonchev–Trinajstić information content (AvgIpc) is 2.26.